The van der Waals surface area contributed by atoms with E-state index in [2.05, 4.69) is 0 Å². The second-order valence-corrected chi connectivity index (χ2v) is 3.06. The van der Waals surface area contributed by atoms with Crippen LogP contribution in [0.15, 0.2) is 0 Å². The minimum Gasteiger partial charge on any atom is -0.386 e. The Balaban J connectivity index is 1.79. The topological polar surface area (TPSA) is 46.2 Å². The Bertz CT molecular complexity index is 140. The molecule has 1 aliphatic rings. The summed E-state index contributed by atoms with van der Waals surface area (Å²) in [4.78, 5) is 0. The summed E-state index contributed by atoms with van der Waals surface area (Å²) >= 11 is 0. The first kappa shape index (κ1) is 12.9. The number of hydrogen-bond acceptors (Lipinski definition) is 5. The van der Waals surface area contributed by atoms with Crippen molar-refractivity contribution in [2.75, 3.05) is 46.2 Å². The van der Waals surface area contributed by atoms with Gasteiger partial charge in [0.15, 0.2) is 0 Å². The minimum atomic E-state index is -0.505. The fraction of sp³-hybridized carbons (Fsp3) is 1.00. The highest BCUT2D eigenvalue weighted by molar-refractivity contribution is 6.36. The molecule has 6 heteroatoms. The first-order valence-corrected chi connectivity index (χ1v) is 5.43. The van der Waals surface area contributed by atoms with Crippen LogP contribution in [0.3, 0.4) is 0 Å². The van der Waals surface area contributed by atoms with Crippen LogP contribution in [0.1, 0.15) is 13.3 Å². The van der Waals surface area contributed by atoms with Crippen molar-refractivity contribution in [3.8, 4) is 0 Å². The van der Waals surface area contributed by atoms with Gasteiger partial charge in [0.2, 0.25) is 0 Å². The summed E-state index contributed by atoms with van der Waals surface area (Å²) in [6.07, 6.45) is 0.935. The summed E-state index contributed by atoms with van der Waals surface area (Å²) in [5.41, 5.74) is 0. The van der Waals surface area contributed by atoms with Crippen LogP contribution in [-0.2, 0) is 23.4 Å². The molecule has 0 atom stereocenters. The molecule has 5 nitrogen and oxygen atoms in total. The monoisotopic (exact) mass is 218 g/mol. The van der Waals surface area contributed by atoms with Gasteiger partial charge in [0.25, 0.3) is 0 Å². The molecule has 0 aromatic heterocycles. The molecule has 0 aromatic carbocycles. The predicted molar refractivity (Wildman–Crippen MR) is 55.5 cm³/mol. The molecule has 0 radical (unpaired) electrons. The summed E-state index contributed by atoms with van der Waals surface area (Å²) in [5, 5.41) is 0. The zero-order chi connectivity index (χ0) is 10.8. The lowest BCUT2D eigenvalue weighted by atomic mass is 10.2. The Hall–Kier alpha value is -0.135. The Kier molecular flexibility index (Phi) is 7.86. The highest BCUT2D eigenvalue weighted by Crippen LogP contribution is 2.01. The number of hydrogen-bond donors (Lipinski definition) is 0. The van der Waals surface area contributed by atoms with Gasteiger partial charge in [-0.05, 0) is 13.3 Å². The maximum absolute atomic E-state index is 5.28. The van der Waals surface area contributed by atoms with Gasteiger partial charge in [-0.25, -0.2) is 0 Å². The molecule has 0 unspecified atom stereocenters. The van der Waals surface area contributed by atoms with Crippen LogP contribution in [0, 0.1) is 0 Å². The van der Waals surface area contributed by atoms with Crippen molar-refractivity contribution in [2.45, 2.75) is 13.3 Å². The summed E-state index contributed by atoms with van der Waals surface area (Å²) in [6, 6.07) is 0. The molecule has 15 heavy (non-hydrogen) atoms. The third-order valence-corrected chi connectivity index (χ3v) is 1.85. The van der Waals surface area contributed by atoms with Crippen LogP contribution in [-0.4, -0.2) is 53.6 Å². The van der Waals surface area contributed by atoms with E-state index in [0.717, 1.165) is 13.0 Å². The van der Waals surface area contributed by atoms with Crippen molar-refractivity contribution in [3.63, 3.8) is 0 Å². The molecule has 1 heterocycles. The highest BCUT2D eigenvalue weighted by Gasteiger charge is 2.23. The quantitative estimate of drug-likeness (QED) is 0.438. The molecule has 0 amide bonds. The smallest absolute Gasteiger partial charge is 0.386 e. The van der Waals surface area contributed by atoms with E-state index < -0.39 is 7.32 Å². The predicted octanol–water partition coefficient (Wildman–Crippen LogP) is 0.478. The SMILES string of the molecule is CCOCCOCCOB1OCCCO1. The Morgan fingerprint density at radius 1 is 1.00 bits per heavy atom. The van der Waals surface area contributed by atoms with Crippen LogP contribution in [0.4, 0.5) is 0 Å². The van der Waals surface area contributed by atoms with Gasteiger partial charge in [0.05, 0.1) is 26.4 Å². The zero-order valence-electron chi connectivity index (χ0n) is 9.28. The van der Waals surface area contributed by atoms with Crippen molar-refractivity contribution in [3.05, 3.63) is 0 Å². The van der Waals surface area contributed by atoms with Crippen LogP contribution >= 0.6 is 0 Å². The molecule has 0 bridgehead atoms. The van der Waals surface area contributed by atoms with Crippen molar-refractivity contribution in [2.24, 2.45) is 0 Å². The van der Waals surface area contributed by atoms with Crippen LogP contribution in [0.5, 0.6) is 0 Å². The van der Waals surface area contributed by atoms with Crippen molar-refractivity contribution in [1.29, 1.82) is 0 Å². The van der Waals surface area contributed by atoms with Crippen molar-refractivity contribution < 1.29 is 23.4 Å². The Labute approximate surface area is 91.1 Å². The zero-order valence-corrected chi connectivity index (χ0v) is 9.28. The van der Waals surface area contributed by atoms with E-state index in [1.165, 1.54) is 0 Å². The lowest BCUT2D eigenvalue weighted by Gasteiger charge is -2.18. The molecule has 1 aliphatic heterocycles. The lowest BCUT2D eigenvalue weighted by molar-refractivity contribution is 0.0131. The molecule has 1 rings (SSSR count). The molecule has 0 spiro atoms. The standard InChI is InChI=1S/C9H19BO5/c1-2-11-6-7-12-8-9-15-10-13-4-3-5-14-10/h2-9H2,1H3. The van der Waals surface area contributed by atoms with E-state index in [1.54, 1.807) is 0 Å². The molecular formula is C9H19BO5. The van der Waals surface area contributed by atoms with E-state index in [4.69, 9.17) is 23.4 Å². The molecular weight excluding hydrogens is 199 g/mol. The average molecular weight is 218 g/mol. The summed E-state index contributed by atoms with van der Waals surface area (Å²) in [6.45, 7) is 6.35. The van der Waals surface area contributed by atoms with Gasteiger partial charge >= 0.3 is 7.32 Å². The summed E-state index contributed by atoms with van der Waals surface area (Å²) < 4.78 is 26.1. The number of rotatable bonds is 8. The third kappa shape index (κ3) is 6.86. The minimum absolute atomic E-state index is 0.483. The molecule has 0 aliphatic carbocycles. The fourth-order valence-corrected chi connectivity index (χ4v) is 1.13. The molecule has 0 saturated carbocycles. The van der Waals surface area contributed by atoms with Crippen molar-refractivity contribution in [1.82, 2.24) is 0 Å². The van der Waals surface area contributed by atoms with E-state index in [-0.39, 0.29) is 0 Å². The van der Waals surface area contributed by atoms with Crippen LogP contribution < -0.4 is 0 Å². The largest absolute Gasteiger partial charge is 0.639 e. The van der Waals surface area contributed by atoms with Crippen LogP contribution in [0.25, 0.3) is 0 Å². The molecule has 1 fully saturated rings. The van der Waals surface area contributed by atoms with Gasteiger partial charge in [0, 0.05) is 19.8 Å². The van der Waals surface area contributed by atoms with E-state index in [9.17, 15) is 0 Å². The second-order valence-electron chi connectivity index (χ2n) is 3.06. The van der Waals surface area contributed by atoms with Gasteiger partial charge in [-0.2, -0.15) is 0 Å². The van der Waals surface area contributed by atoms with Crippen LogP contribution in [0.2, 0.25) is 0 Å². The third-order valence-electron chi connectivity index (χ3n) is 1.85. The van der Waals surface area contributed by atoms with E-state index in [0.29, 0.717) is 39.6 Å². The Morgan fingerprint density at radius 3 is 2.40 bits per heavy atom. The molecule has 0 aromatic rings. The van der Waals surface area contributed by atoms with Gasteiger partial charge in [-0.15, -0.1) is 0 Å². The summed E-state index contributed by atoms with van der Waals surface area (Å²) in [5.74, 6) is 0. The molecule has 1 saturated heterocycles. The first-order chi connectivity index (χ1) is 7.43. The number of ether oxygens (including phenoxy) is 2. The molecule has 88 valence electrons. The van der Waals surface area contributed by atoms with Crippen molar-refractivity contribution >= 4 is 7.32 Å². The van der Waals surface area contributed by atoms with Gasteiger partial charge in [-0.1, -0.05) is 0 Å². The second kappa shape index (κ2) is 9.12. The maximum atomic E-state index is 5.28. The molecule has 0 N–H and O–H groups in total. The van der Waals surface area contributed by atoms with E-state index in [1.807, 2.05) is 6.92 Å². The fourth-order valence-electron chi connectivity index (χ4n) is 1.13. The van der Waals surface area contributed by atoms with Gasteiger partial charge in [-0.3, -0.25) is 0 Å². The summed E-state index contributed by atoms with van der Waals surface area (Å²) in [7, 11) is -0.505. The lowest BCUT2D eigenvalue weighted by Crippen LogP contribution is -2.33. The van der Waals surface area contributed by atoms with E-state index >= 15 is 0 Å². The normalized spacial score (nSPS) is 17.0. The highest BCUT2D eigenvalue weighted by atomic mass is 16.7. The maximum Gasteiger partial charge on any atom is 0.639 e. The average Bonchev–Trinajstić information content (AvgIpc) is 2.29. The Morgan fingerprint density at radius 2 is 1.67 bits per heavy atom. The van der Waals surface area contributed by atoms with Gasteiger partial charge < -0.3 is 23.4 Å². The van der Waals surface area contributed by atoms with Gasteiger partial charge in [0.1, 0.15) is 0 Å². The first-order valence-electron chi connectivity index (χ1n) is 5.43.